The Balaban J connectivity index is 1.71. The van der Waals surface area contributed by atoms with Crippen molar-refractivity contribution in [3.05, 3.63) is 65.5 Å². The molecule has 0 saturated heterocycles. The highest BCUT2D eigenvalue weighted by Crippen LogP contribution is 2.48. The van der Waals surface area contributed by atoms with Crippen LogP contribution in [0.3, 0.4) is 0 Å². The molecule has 2 aliphatic rings. The Kier molecular flexibility index (Phi) is 4.95. The summed E-state index contributed by atoms with van der Waals surface area (Å²) in [5.74, 6) is -1.27. The Labute approximate surface area is 175 Å². The summed E-state index contributed by atoms with van der Waals surface area (Å²) >= 11 is 0. The SMILES string of the molecule is CN1C(=O)C(NC(=O)NC2(C(F)(F)F)CC2)N=C(c2ccccc2F)c2ccccc21. The van der Waals surface area contributed by atoms with E-state index in [1.165, 1.54) is 30.1 Å². The number of likely N-dealkylation sites (N-methyl/N-ethyl adjacent to an activating group) is 1. The zero-order valence-electron chi connectivity index (χ0n) is 16.3. The van der Waals surface area contributed by atoms with Gasteiger partial charge in [-0.2, -0.15) is 13.2 Å². The molecule has 0 spiro atoms. The number of hydrogen-bond acceptors (Lipinski definition) is 3. The number of hydrogen-bond donors (Lipinski definition) is 2. The molecule has 3 amide bonds. The lowest BCUT2D eigenvalue weighted by atomic mass is 10.00. The minimum atomic E-state index is -4.60. The van der Waals surface area contributed by atoms with E-state index in [0.29, 0.717) is 11.3 Å². The molecule has 31 heavy (non-hydrogen) atoms. The molecule has 0 radical (unpaired) electrons. The van der Waals surface area contributed by atoms with Crippen molar-refractivity contribution in [2.75, 3.05) is 11.9 Å². The molecule has 0 aromatic heterocycles. The molecule has 10 heteroatoms. The predicted molar refractivity (Wildman–Crippen MR) is 105 cm³/mol. The number of benzodiazepines with no additional fused rings is 1. The van der Waals surface area contributed by atoms with Crippen LogP contribution >= 0.6 is 0 Å². The monoisotopic (exact) mass is 434 g/mol. The molecule has 0 bridgehead atoms. The van der Waals surface area contributed by atoms with Crippen molar-refractivity contribution in [2.24, 2.45) is 4.99 Å². The van der Waals surface area contributed by atoms with Gasteiger partial charge in [-0.15, -0.1) is 0 Å². The molecule has 1 heterocycles. The summed E-state index contributed by atoms with van der Waals surface area (Å²) in [5, 5.41) is 4.12. The minimum Gasteiger partial charge on any atom is -0.324 e. The molecule has 2 aromatic rings. The molecule has 1 unspecified atom stereocenters. The number of fused-ring (bicyclic) bond motifs is 1. The Bertz CT molecular complexity index is 1080. The second kappa shape index (κ2) is 7.36. The summed E-state index contributed by atoms with van der Waals surface area (Å²) < 4.78 is 54.0. The number of urea groups is 1. The number of anilines is 1. The third kappa shape index (κ3) is 3.73. The number of aliphatic imine (C=N–C) groups is 1. The lowest BCUT2D eigenvalue weighted by molar-refractivity contribution is -0.162. The van der Waals surface area contributed by atoms with Crippen LogP contribution in [-0.2, 0) is 4.79 Å². The van der Waals surface area contributed by atoms with Crippen molar-refractivity contribution in [3.63, 3.8) is 0 Å². The van der Waals surface area contributed by atoms with Crippen molar-refractivity contribution in [1.29, 1.82) is 0 Å². The zero-order valence-corrected chi connectivity index (χ0v) is 16.3. The van der Waals surface area contributed by atoms with E-state index in [0.717, 1.165) is 0 Å². The van der Waals surface area contributed by atoms with Gasteiger partial charge >= 0.3 is 12.2 Å². The van der Waals surface area contributed by atoms with Crippen molar-refractivity contribution >= 4 is 23.3 Å². The number of para-hydroxylation sites is 1. The highest BCUT2D eigenvalue weighted by Gasteiger charge is 2.64. The van der Waals surface area contributed by atoms with E-state index in [2.05, 4.69) is 10.3 Å². The van der Waals surface area contributed by atoms with E-state index < -0.39 is 35.6 Å². The number of rotatable bonds is 3. The lowest BCUT2D eigenvalue weighted by Gasteiger charge is -2.24. The van der Waals surface area contributed by atoms with Gasteiger partial charge in [-0.05, 0) is 31.0 Å². The third-order valence-electron chi connectivity index (χ3n) is 5.39. The molecule has 1 atom stereocenters. The number of nitrogens with one attached hydrogen (secondary N) is 2. The predicted octanol–water partition coefficient (Wildman–Crippen LogP) is 3.36. The van der Waals surface area contributed by atoms with Gasteiger partial charge in [0.25, 0.3) is 5.91 Å². The first-order valence-electron chi connectivity index (χ1n) is 9.48. The average Bonchev–Trinajstić information content (AvgIpc) is 3.52. The Morgan fingerprint density at radius 1 is 1.10 bits per heavy atom. The van der Waals surface area contributed by atoms with Gasteiger partial charge in [-0.25, -0.2) is 14.2 Å². The summed E-state index contributed by atoms with van der Waals surface area (Å²) in [4.78, 5) is 30.8. The molecule has 2 N–H and O–H groups in total. The Hall–Kier alpha value is -3.43. The van der Waals surface area contributed by atoms with E-state index in [-0.39, 0.29) is 24.1 Å². The van der Waals surface area contributed by atoms with Crippen molar-refractivity contribution in [1.82, 2.24) is 10.6 Å². The number of amides is 3. The molecule has 1 saturated carbocycles. The van der Waals surface area contributed by atoms with E-state index in [1.54, 1.807) is 30.3 Å². The average molecular weight is 434 g/mol. The summed E-state index contributed by atoms with van der Waals surface area (Å²) in [6, 6.07) is 11.3. The van der Waals surface area contributed by atoms with Gasteiger partial charge in [-0.3, -0.25) is 4.79 Å². The van der Waals surface area contributed by atoms with Crippen LogP contribution in [0.2, 0.25) is 0 Å². The smallest absolute Gasteiger partial charge is 0.324 e. The van der Waals surface area contributed by atoms with Crippen molar-refractivity contribution < 1.29 is 27.2 Å². The van der Waals surface area contributed by atoms with Crippen LogP contribution in [0.5, 0.6) is 0 Å². The second-order valence-corrected chi connectivity index (χ2v) is 7.45. The highest BCUT2D eigenvalue weighted by atomic mass is 19.4. The quantitative estimate of drug-likeness (QED) is 0.728. The number of alkyl halides is 3. The zero-order chi connectivity index (χ0) is 22.4. The number of nitrogens with zero attached hydrogens (tertiary/aromatic N) is 2. The largest absolute Gasteiger partial charge is 0.411 e. The van der Waals surface area contributed by atoms with Gasteiger partial charge in [0.15, 0.2) is 0 Å². The first-order chi connectivity index (χ1) is 14.6. The fraction of sp³-hybridized carbons (Fsp3) is 0.286. The molecule has 2 aromatic carbocycles. The molecule has 1 aliphatic heterocycles. The summed E-state index contributed by atoms with van der Waals surface area (Å²) in [5.41, 5.74) is -1.22. The summed E-state index contributed by atoms with van der Waals surface area (Å²) in [6.07, 6.45) is -6.63. The van der Waals surface area contributed by atoms with Crippen LogP contribution in [0.25, 0.3) is 0 Å². The van der Waals surface area contributed by atoms with Crippen LogP contribution in [0.4, 0.5) is 28.0 Å². The lowest BCUT2D eigenvalue weighted by Crippen LogP contribution is -2.55. The fourth-order valence-corrected chi connectivity index (χ4v) is 3.47. The number of halogens is 4. The molecular weight excluding hydrogens is 416 g/mol. The maximum absolute atomic E-state index is 14.5. The van der Waals surface area contributed by atoms with E-state index in [1.807, 2.05) is 5.32 Å². The van der Waals surface area contributed by atoms with Crippen LogP contribution in [-0.4, -0.2) is 42.6 Å². The first kappa shape index (κ1) is 20.8. The van der Waals surface area contributed by atoms with Gasteiger partial charge in [0.1, 0.15) is 11.4 Å². The van der Waals surface area contributed by atoms with E-state index >= 15 is 0 Å². The van der Waals surface area contributed by atoms with Gasteiger partial charge in [0, 0.05) is 18.2 Å². The molecule has 162 valence electrons. The maximum atomic E-state index is 14.5. The van der Waals surface area contributed by atoms with Crippen LogP contribution in [0.15, 0.2) is 53.5 Å². The first-order valence-corrected chi connectivity index (χ1v) is 9.48. The molecule has 6 nitrogen and oxygen atoms in total. The van der Waals surface area contributed by atoms with E-state index in [9.17, 15) is 27.2 Å². The van der Waals surface area contributed by atoms with Crippen molar-refractivity contribution in [2.45, 2.75) is 30.7 Å². The second-order valence-electron chi connectivity index (χ2n) is 7.45. The summed E-state index contributed by atoms with van der Waals surface area (Å²) in [6.45, 7) is 0. The summed E-state index contributed by atoms with van der Waals surface area (Å²) in [7, 11) is 1.45. The van der Waals surface area contributed by atoms with Gasteiger partial charge in [0.2, 0.25) is 6.17 Å². The van der Waals surface area contributed by atoms with Crippen LogP contribution in [0.1, 0.15) is 24.0 Å². The third-order valence-corrected chi connectivity index (χ3v) is 5.39. The fourth-order valence-electron chi connectivity index (χ4n) is 3.47. The van der Waals surface area contributed by atoms with Crippen LogP contribution in [0, 0.1) is 5.82 Å². The van der Waals surface area contributed by atoms with Crippen molar-refractivity contribution in [3.8, 4) is 0 Å². The van der Waals surface area contributed by atoms with Crippen LogP contribution < -0.4 is 15.5 Å². The number of carbonyl (C=O) groups excluding carboxylic acids is 2. The van der Waals surface area contributed by atoms with Gasteiger partial charge in [0.05, 0.1) is 11.4 Å². The van der Waals surface area contributed by atoms with Gasteiger partial charge < -0.3 is 15.5 Å². The Morgan fingerprint density at radius 2 is 1.71 bits per heavy atom. The van der Waals surface area contributed by atoms with Gasteiger partial charge in [-0.1, -0.05) is 30.3 Å². The molecule has 4 rings (SSSR count). The number of benzene rings is 2. The molecular formula is C21H18F4N4O2. The molecule has 1 fully saturated rings. The topological polar surface area (TPSA) is 73.8 Å². The minimum absolute atomic E-state index is 0.0965. The molecule has 1 aliphatic carbocycles. The normalized spacial score (nSPS) is 19.8. The highest BCUT2D eigenvalue weighted by molar-refractivity contribution is 6.20. The number of carbonyl (C=O) groups is 2. The maximum Gasteiger partial charge on any atom is 0.411 e. The van der Waals surface area contributed by atoms with E-state index in [4.69, 9.17) is 0 Å². The standard InChI is InChI=1S/C21H18F4N4O2/c1-29-15-9-5-3-7-13(15)16(12-6-2-4-8-14(12)22)26-17(18(29)30)27-19(31)28-20(10-11-20)21(23,24)25/h2-9,17H,10-11H2,1H3,(H2,27,28,31). The Morgan fingerprint density at radius 3 is 2.32 bits per heavy atom.